The van der Waals surface area contributed by atoms with Crippen molar-refractivity contribution >= 4 is 11.7 Å². The Morgan fingerprint density at radius 3 is 3.00 bits per heavy atom. The number of likely N-dealkylation sites (N-methyl/N-ethyl adjacent to an activating group) is 1. The van der Waals surface area contributed by atoms with E-state index in [0.717, 1.165) is 0 Å². The molecule has 122 valence electrons. The van der Waals surface area contributed by atoms with Gasteiger partial charge in [0, 0.05) is 26.2 Å². The number of furan rings is 1. The molecule has 3 heterocycles. The van der Waals surface area contributed by atoms with E-state index >= 15 is 0 Å². The Hall–Kier alpha value is -2.44. The third kappa shape index (κ3) is 3.18. The van der Waals surface area contributed by atoms with Crippen molar-refractivity contribution in [1.82, 2.24) is 14.9 Å². The third-order valence-corrected chi connectivity index (χ3v) is 4.14. The van der Waals surface area contributed by atoms with Crippen LogP contribution >= 0.6 is 0 Å². The summed E-state index contributed by atoms with van der Waals surface area (Å²) in [4.78, 5) is 24.1. The second-order valence-electron chi connectivity index (χ2n) is 5.78. The summed E-state index contributed by atoms with van der Waals surface area (Å²) in [5.74, 6) is 1.15. The molecule has 1 aliphatic rings. The average molecular weight is 318 g/mol. The summed E-state index contributed by atoms with van der Waals surface area (Å²) in [6.45, 7) is 2.46. The lowest BCUT2D eigenvalue weighted by Gasteiger charge is -2.29. The number of aryl methyl sites for hydroxylation is 1. The highest BCUT2D eigenvalue weighted by atomic mass is 19.1. The van der Waals surface area contributed by atoms with Crippen molar-refractivity contribution in [2.24, 2.45) is 0 Å². The average Bonchev–Trinajstić information content (AvgIpc) is 3.13. The number of rotatable bonds is 4. The molecule has 1 aliphatic heterocycles. The Labute approximate surface area is 133 Å². The van der Waals surface area contributed by atoms with E-state index < -0.39 is 6.17 Å². The maximum Gasteiger partial charge on any atom is 0.257 e. The summed E-state index contributed by atoms with van der Waals surface area (Å²) in [5, 5.41) is 0. The first kappa shape index (κ1) is 15.5. The van der Waals surface area contributed by atoms with Crippen LogP contribution in [0.15, 0.2) is 35.3 Å². The van der Waals surface area contributed by atoms with Crippen molar-refractivity contribution in [3.05, 3.63) is 42.2 Å². The van der Waals surface area contributed by atoms with Crippen LogP contribution < -0.4 is 4.90 Å². The maximum absolute atomic E-state index is 13.9. The number of alkyl halides is 1. The second-order valence-corrected chi connectivity index (χ2v) is 5.78. The van der Waals surface area contributed by atoms with E-state index in [0.29, 0.717) is 30.1 Å². The molecule has 0 radical (unpaired) electrons. The lowest BCUT2D eigenvalue weighted by Crippen LogP contribution is -2.41. The van der Waals surface area contributed by atoms with Crippen LogP contribution in [0.2, 0.25) is 0 Å². The molecule has 1 saturated heterocycles. The molecule has 0 aromatic carbocycles. The van der Waals surface area contributed by atoms with Gasteiger partial charge in [0.25, 0.3) is 5.91 Å². The molecule has 0 unspecified atom stereocenters. The Balaban J connectivity index is 1.73. The first-order chi connectivity index (χ1) is 11.1. The van der Waals surface area contributed by atoms with Gasteiger partial charge < -0.3 is 14.2 Å². The number of nitrogens with zero attached hydrogens (tertiary/aromatic N) is 4. The van der Waals surface area contributed by atoms with Crippen molar-refractivity contribution in [3.8, 4) is 0 Å². The van der Waals surface area contributed by atoms with Gasteiger partial charge in [-0.05, 0) is 19.1 Å². The number of carbonyl (C=O) groups is 1. The van der Waals surface area contributed by atoms with Crippen LogP contribution in [0.1, 0.15) is 22.5 Å². The molecule has 7 heteroatoms. The van der Waals surface area contributed by atoms with E-state index in [1.165, 1.54) is 12.6 Å². The Bertz CT molecular complexity index is 676. The number of carbonyl (C=O) groups excluding carboxylic acids is 1. The highest BCUT2D eigenvalue weighted by Crippen LogP contribution is 2.26. The van der Waals surface area contributed by atoms with Crippen LogP contribution in [0, 0.1) is 6.92 Å². The zero-order chi connectivity index (χ0) is 16.4. The van der Waals surface area contributed by atoms with Gasteiger partial charge in [0.2, 0.25) is 0 Å². The van der Waals surface area contributed by atoms with Crippen molar-refractivity contribution in [2.45, 2.75) is 25.6 Å². The molecule has 2 atom stereocenters. The zero-order valence-electron chi connectivity index (χ0n) is 13.1. The summed E-state index contributed by atoms with van der Waals surface area (Å²) >= 11 is 0. The predicted octanol–water partition coefficient (Wildman–Crippen LogP) is 2.07. The number of halogens is 1. The minimum atomic E-state index is -0.922. The first-order valence-electron chi connectivity index (χ1n) is 7.52. The summed E-state index contributed by atoms with van der Waals surface area (Å²) in [5.41, 5.74) is 0.538. The molecular formula is C16H19FN4O2. The molecule has 1 fully saturated rings. The minimum Gasteiger partial charge on any atom is -0.469 e. The smallest absolute Gasteiger partial charge is 0.257 e. The topological polar surface area (TPSA) is 62.5 Å². The summed E-state index contributed by atoms with van der Waals surface area (Å²) in [6, 6.07) is 3.30. The van der Waals surface area contributed by atoms with Crippen molar-refractivity contribution < 1.29 is 13.6 Å². The molecule has 1 amide bonds. The summed E-state index contributed by atoms with van der Waals surface area (Å²) in [6.07, 6.45) is 4.04. The predicted molar refractivity (Wildman–Crippen MR) is 83.1 cm³/mol. The third-order valence-electron chi connectivity index (χ3n) is 4.14. The number of hydrogen-bond acceptors (Lipinski definition) is 5. The second kappa shape index (κ2) is 6.36. The van der Waals surface area contributed by atoms with E-state index in [9.17, 15) is 9.18 Å². The first-order valence-corrected chi connectivity index (χ1v) is 7.52. The highest BCUT2D eigenvalue weighted by Gasteiger charge is 2.34. The fourth-order valence-corrected chi connectivity index (χ4v) is 2.98. The molecule has 0 N–H and O–H groups in total. The summed E-state index contributed by atoms with van der Waals surface area (Å²) < 4.78 is 19.1. The van der Waals surface area contributed by atoms with Gasteiger partial charge in [0.05, 0.1) is 24.4 Å². The van der Waals surface area contributed by atoms with Crippen molar-refractivity contribution in [3.63, 3.8) is 0 Å². The molecule has 0 saturated carbocycles. The molecule has 2 aromatic rings. The van der Waals surface area contributed by atoms with Crippen molar-refractivity contribution in [1.29, 1.82) is 0 Å². The van der Waals surface area contributed by atoms with Crippen LogP contribution in [0.4, 0.5) is 10.2 Å². The van der Waals surface area contributed by atoms with Crippen LogP contribution in [0.3, 0.4) is 0 Å². The van der Waals surface area contributed by atoms with Crippen LogP contribution in [-0.4, -0.2) is 53.1 Å². The lowest BCUT2D eigenvalue weighted by molar-refractivity contribution is 0.0784. The Morgan fingerprint density at radius 1 is 1.52 bits per heavy atom. The van der Waals surface area contributed by atoms with E-state index in [1.54, 1.807) is 37.2 Å². The van der Waals surface area contributed by atoms with Crippen LogP contribution in [0.5, 0.6) is 0 Å². The van der Waals surface area contributed by atoms with Gasteiger partial charge in [-0.15, -0.1) is 0 Å². The monoisotopic (exact) mass is 318 g/mol. The van der Waals surface area contributed by atoms with E-state index in [2.05, 4.69) is 9.97 Å². The van der Waals surface area contributed by atoms with Gasteiger partial charge in [0.1, 0.15) is 24.1 Å². The Kier molecular flexibility index (Phi) is 4.27. The standard InChI is InChI=1S/C16H19FN4O2/c1-11-14(4-6-23-11)16(22)20(2)9-13-7-12(17)8-21(13)15-3-5-18-10-19-15/h3-6,10,12-13H,7-9H2,1-2H3/t12-,13-/m0/s1. The zero-order valence-corrected chi connectivity index (χ0v) is 13.1. The molecule has 0 aliphatic carbocycles. The molecular weight excluding hydrogens is 299 g/mol. The lowest BCUT2D eigenvalue weighted by atomic mass is 10.1. The van der Waals surface area contributed by atoms with E-state index in [1.807, 2.05) is 4.90 Å². The van der Waals surface area contributed by atoms with Gasteiger partial charge in [-0.3, -0.25) is 4.79 Å². The highest BCUT2D eigenvalue weighted by molar-refractivity contribution is 5.94. The normalized spacial score (nSPS) is 20.7. The summed E-state index contributed by atoms with van der Waals surface area (Å²) in [7, 11) is 1.72. The molecule has 0 bridgehead atoms. The van der Waals surface area contributed by atoms with Crippen molar-refractivity contribution in [2.75, 3.05) is 25.0 Å². The SMILES string of the molecule is Cc1occc1C(=O)N(C)C[C@@H]1C[C@H](F)CN1c1ccncn1. The fraction of sp³-hybridized carbons (Fsp3) is 0.438. The number of amides is 1. The van der Waals surface area contributed by atoms with E-state index in [4.69, 9.17) is 4.42 Å². The number of anilines is 1. The molecule has 3 rings (SSSR count). The Morgan fingerprint density at radius 2 is 2.35 bits per heavy atom. The molecule has 6 nitrogen and oxygen atoms in total. The maximum atomic E-state index is 13.9. The largest absolute Gasteiger partial charge is 0.469 e. The van der Waals surface area contributed by atoms with Crippen LogP contribution in [-0.2, 0) is 0 Å². The fourth-order valence-electron chi connectivity index (χ4n) is 2.98. The van der Waals surface area contributed by atoms with Gasteiger partial charge in [-0.1, -0.05) is 0 Å². The quantitative estimate of drug-likeness (QED) is 0.863. The van der Waals surface area contributed by atoms with Gasteiger partial charge in [-0.2, -0.15) is 0 Å². The minimum absolute atomic E-state index is 0.110. The molecule has 2 aromatic heterocycles. The molecule has 0 spiro atoms. The van der Waals surface area contributed by atoms with Gasteiger partial charge in [0.15, 0.2) is 0 Å². The van der Waals surface area contributed by atoms with Gasteiger partial charge in [-0.25, -0.2) is 14.4 Å². The van der Waals surface area contributed by atoms with Gasteiger partial charge >= 0.3 is 0 Å². The van der Waals surface area contributed by atoms with E-state index in [-0.39, 0.29) is 18.5 Å². The number of hydrogen-bond donors (Lipinski definition) is 0. The molecule has 23 heavy (non-hydrogen) atoms. The van der Waals surface area contributed by atoms with Crippen LogP contribution in [0.25, 0.3) is 0 Å². The number of aromatic nitrogens is 2.